The fraction of sp³-hybridized carbons (Fsp3) is 0.471. The number of alkyl halides is 3. The zero-order valence-electron chi connectivity index (χ0n) is 13.4. The molecule has 1 aliphatic carbocycles. The van der Waals surface area contributed by atoms with Gasteiger partial charge in [0.2, 0.25) is 0 Å². The Labute approximate surface area is 142 Å². The predicted octanol–water partition coefficient (Wildman–Crippen LogP) is 2.74. The highest BCUT2D eigenvalue weighted by Crippen LogP contribution is 2.30. The van der Waals surface area contributed by atoms with Gasteiger partial charge in [0.05, 0.1) is 18.1 Å². The van der Waals surface area contributed by atoms with Crippen LogP contribution in [0, 0.1) is 11.3 Å². The number of carbonyl (C=O) groups excluding carboxylic acids is 2. The van der Waals surface area contributed by atoms with E-state index in [4.69, 9.17) is 10.00 Å². The molecule has 8 heteroatoms. The summed E-state index contributed by atoms with van der Waals surface area (Å²) in [5.74, 6) is -1.41. The molecule has 0 aromatic heterocycles. The van der Waals surface area contributed by atoms with Gasteiger partial charge in [-0.15, -0.1) is 0 Å². The van der Waals surface area contributed by atoms with Gasteiger partial charge in [-0.25, -0.2) is 0 Å². The molecule has 1 fully saturated rings. The number of nitriles is 1. The molecule has 1 aromatic carbocycles. The third kappa shape index (κ3) is 5.21. The topological polar surface area (TPSA) is 79.2 Å². The maximum atomic E-state index is 12.6. The van der Waals surface area contributed by atoms with E-state index in [2.05, 4.69) is 11.4 Å². The van der Waals surface area contributed by atoms with Crippen LogP contribution in [0.3, 0.4) is 0 Å². The number of hydrogen-bond acceptors (Lipinski definition) is 4. The molecule has 0 aliphatic heterocycles. The van der Waals surface area contributed by atoms with Crippen LogP contribution < -0.4 is 5.32 Å². The summed E-state index contributed by atoms with van der Waals surface area (Å²) in [6, 6.07) is 6.43. The summed E-state index contributed by atoms with van der Waals surface area (Å²) in [6.07, 6.45) is -2.10. The number of benzene rings is 1. The van der Waals surface area contributed by atoms with Crippen molar-refractivity contribution < 1.29 is 27.5 Å². The van der Waals surface area contributed by atoms with Gasteiger partial charge >= 0.3 is 12.1 Å². The van der Waals surface area contributed by atoms with Crippen molar-refractivity contribution in [2.75, 3.05) is 6.61 Å². The molecule has 5 nitrogen and oxygen atoms in total. The molecule has 1 amide bonds. The third-order valence-corrected chi connectivity index (χ3v) is 4.02. The van der Waals surface area contributed by atoms with E-state index >= 15 is 0 Å². The van der Waals surface area contributed by atoms with Crippen LogP contribution in [0.2, 0.25) is 0 Å². The van der Waals surface area contributed by atoms with Crippen LogP contribution in [0.5, 0.6) is 0 Å². The van der Waals surface area contributed by atoms with E-state index in [-0.39, 0.29) is 12.0 Å². The highest BCUT2D eigenvalue weighted by Gasteiger charge is 2.35. The molecule has 0 atom stereocenters. The SMILES string of the molecule is N#CC1(NC(=O)COC(=O)Cc2cccc(C(F)(F)F)c2)CCCC1. The lowest BCUT2D eigenvalue weighted by atomic mass is 10.00. The second-order valence-corrected chi connectivity index (χ2v) is 5.98. The Bertz CT molecular complexity index is 689. The highest BCUT2D eigenvalue weighted by molar-refractivity contribution is 5.82. The van der Waals surface area contributed by atoms with Crippen LogP contribution in [0.25, 0.3) is 0 Å². The van der Waals surface area contributed by atoms with Gasteiger partial charge in [-0.2, -0.15) is 18.4 Å². The highest BCUT2D eigenvalue weighted by atomic mass is 19.4. The first-order valence-electron chi connectivity index (χ1n) is 7.78. The van der Waals surface area contributed by atoms with E-state index in [9.17, 15) is 22.8 Å². The number of rotatable bonds is 5. The fourth-order valence-corrected chi connectivity index (χ4v) is 2.77. The molecule has 0 heterocycles. The Hall–Kier alpha value is -2.56. The van der Waals surface area contributed by atoms with Crippen molar-refractivity contribution in [3.8, 4) is 6.07 Å². The molecule has 1 aliphatic rings. The molecule has 0 spiro atoms. The molecule has 0 saturated heterocycles. The molecule has 1 aromatic rings. The first-order valence-corrected chi connectivity index (χ1v) is 7.78. The van der Waals surface area contributed by atoms with E-state index in [0.29, 0.717) is 12.8 Å². The number of esters is 1. The zero-order valence-corrected chi connectivity index (χ0v) is 13.4. The number of carbonyl (C=O) groups is 2. The van der Waals surface area contributed by atoms with E-state index in [1.807, 2.05) is 0 Å². The van der Waals surface area contributed by atoms with Crippen molar-refractivity contribution >= 4 is 11.9 Å². The summed E-state index contributed by atoms with van der Waals surface area (Å²) >= 11 is 0. The minimum Gasteiger partial charge on any atom is -0.455 e. The molecular weight excluding hydrogens is 337 g/mol. The normalized spacial score (nSPS) is 16.1. The predicted molar refractivity (Wildman–Crippen MR) is 81.1 cm³/mol. The van der Waals surface area contributed by atoms with Gasteiger partial charge in [-0.05, 0) is 37.3 Å². The zero-order chi connectivity index (χ0) is 18.5. The third-order valence-electron chi connectivity index (χ3n) is 4.02. The van der Waals surface area contributed by atoms with Crippen molar-refractivity contribution in [1.82, 2.24) is 5.32 Å². The standard InChI is InChI=1S/C17H17F3N2O3/c18-17(19,20)13-5-3-4-12(8-13)9-15(24)25-10-14(23)22-16(11-21)6-1-2-7-16/h3-5,8H,1-2,6-7,9-10H2,(H,22,23). The van der Waals surface area contributed by atoms with Gasteiger partial charge in [-0.3, -0.25) is 9.59 Å². The lowest BCUT2D eigenvalue weighted by molar-refractivity contribution is -0.148. The van der Waals surface area contributed by atoms with Crippen molar-refractivity contribution in [1.29, 1.82) is 5.26 Å². The molecule has 25 heavy (non-hydrogen) atoms. The Morgan fingerprint density at radius 1 is 1.28 bits per heavy atom. The Morgan fingerprint density at radius 3 is 2.56 bits per heavy atom. The molecule has 0 bridgehead atoms. The van der Waals surface area contributed by atoms with E-state index in [0.717, 1.165) is 25.0 Å². The van der Waals surface area contributed by atoms with Crippen molar-refractivity contribution in [3.05, 3.63) is 35.4 Å². The molecule has 1 saturated carbocycles. The van der Waals surface area contributed by atoms with Crippen LogP contribution in [0.1, 0.15) is 36.8 Å². The Balaban J connectivity index is 1.85. The smallest absolute Gasteiger partial charge is 0.416 e. The van der Waals surface area contributed by atoms with E-state index < -0.39 is 35.8 Å². The number of halogens is 3. The number of ether oxygens (including phenoxy) is 1. The average Bonchev–Trinajstić information content (AvgIpc) is 3.01. The second kappa shape index (κ2) is 7.55. The van der Waals surface area contributed by atoms with Gasteiger partial charge in [-0.1, -0.05) is 18.2 Å². The van der Waals surface area contributed by atoms with Crippen molar-refractivity contribution in [2.24, 2.45) is 0 Å². The molecule has 134 valence electrons. The first-order chi connectivity index (χ1) is 11.7. The number of nitrogens with one attached hydrogen (secondary N) is 1. The number of hydrogen-bond donors (Lipinski definition) is 1. The van der Waals surface area contributed by atoms with Gasteiger partial charge in [0.25, 0.3) is 5.91 Å². The van der Waals surface area contributed by atoms with Gasteiger partial charge in [0.1, 0.15) is 5.54 Å². The monoisotopic (exact) mass is 354 g/mol. The van der Waals surface area contributed by atoms with Crippen LogP contribution >= 0.6 is 0 Å². The average molecular weight is 354 g/mol. The lowest BCUT2D eigenvalue weighted by Gasteiger charge is -2.21. The van der Waals surface area contributed by atoms with Crippen molar-refractivity contribution in [3.63, 3.8) is 0 Å². The summed E-state index contributed by atoms with van der Waals surface area (Å²) in [6.45, 7) is -0.568. The first kappa shape index (κ1) is 18.8. The summed E-state index contributed by atoms with van der Waals surface area (Å²) in [4.78, 5) is 23.5. The molecule has 0 unspecified atom stereocenters. The number of amides is 1. The number of nitrogens with zero attached hydrogens (tertiary/aromatic N) is 1. The molecular formula is C17H17F3N2O3. The van der Waals surface area contributed by atoms with E-state index in [1.54, 1.807) is 0 Å². The summed E-state index contributed by atoms with van der Waals surface area (Å²) in [5, 5.41) is 11.7. The summed E-state index contributed by atoms with van der Waals surface area (Å²) in [7, 11) is 0. The Morgan fingerprint density at radius 2 is 1.96 bits per heavy atom. The maximum absolute atomic E-state index is 12.6. The minimum atomic E-state index is -4.49. The Kier molecular flexibility index (Phi) is 5.67. The van der Waals surface area contributed by atoms with Crippen molar-refractivity contribution in [2.45, 2.75) is 43.8 Å². The lowest BCUT2D eigenvalue weighted by Crippen LogP contribution is -2.46. The molecule has 2 rings (SSSR count). The molecule has 1 N–H and O–H groups in total. The van der Waals surface area contributed by atoms with Gasteiger partial charge < -0.3 is 10.1 Å². The van der Waals surface area contributed by atoms with E-state index in [1.165, 1.54) is 12.1 Å². The second-order valence-electron chi connectivity index (χ2n) is 5.98. The van der Waals surface area contributed by atoms with Crippen LogP contribution in [0.4, 0.5) is 13.2 Å². The van der Waals surface area contributed by atoms with Crippen LogP contribution in [0.15, 0.2) is 24.3 Å². The summed E-state index contributed by atoms with van der Waals surface area (Å²) < 4.78 is 42.7. The van der Waals surface area contributed by atoms with Gasteiger partial charge in [0.15, 0.2) is 6.61 Å². The quantitative estimate of drug-likeness (QED) is 0.825. The fourth-order valence-electron chi connectivity index (χ4n) is 2.77. The minimum absolute atomic E-state index is 0.143. The van der Waals surface area contributed by atoms with Crippen LogP contribution in [-0.2, 0) is 26.9 Å². The largest absolute Gasteiger partial charge is 0.455 e. The maximum Gasteiger partial charge on any atom is 0.416 e. The van der Waals surface area contributed by atoms with Gasteiger partial charge in [0, 0.05) is 0 Å². The molecule has 0 radical (unpaired) electrons. The summed E-state index contributed by atoms with van der Waals surface area (Å²) in [5.41, 5.74) is -1.62. The van der Waals surface area contributed by atoms with Crippen LogP contribution in [-0.4, -0.2) is 24.0 Å².